The van der Waals surface area contributed by atoms with Crippen LogP contribution in [0.2, 0.25) is 0 Å². The zero-order valence-electron chi connectivity index (χ0n) is 15.2. The highest BCUT2D eigenvalue weighted by Gasteiger charge is 2.50. The van der Waals surface area contributed by atoms with Gasteiger partial charge in [-0.2, -0.15) is 5.10 Å². The highest BCUT2D eigenvalue weighted by atomic mass is 19.1. The maximum absolute atomic E-state index is 14.4. The van der Waals surface area contributed by atoms with E-state index in [-0.39, 0.29) is 17.6 Å². The van der Waals surface area contributed by atoms with Crippen molar-refractivity contribution in [2.75, 3.05) is 0 Å². The fourth-order valence-electron chi connectivity index (χ4n) is 4.11. The van der Waals surface area contributed by atoms with E-state index in [1.54, 1.807) is 6.20 Å². The molecular weight excluding hydrogens is 362 g/mol. The van der Waals surface area contributed by atoms with E-state index in [4.69, 9.17) is 0 Å². The minimum absolute atomic E-state index is 0.169. The summed E-state index contributed by atoms with van der Waals surface area (Å²) < 4.78 is 29.2. The molecule has 1 N–H and O–H groups in total. The summed E-state index contributed by atoms with van der Waals surface area (Å²) in [5.74, 6) is -0.860. The number of nitrogens with one attached hydrogen (secondary N) is 1. The summed E-state index contributed by atoms with van der Waals surface area (Å²) in [7, 11) is 0. The van der Waals surface area contributed by atoms with Crippen LogP contribution in [0.15, 0.2) is 42.6 Å². The molecule has 0 bridgehead atoms. The number of pyridine rings is 1. The van der Waals surface area contributed by atoms with Crippen molar-refractivity contribution in [2.45, 2.75) is 31.7 Å². The highest BCUT2D eigenvalue weighted by molar-refractivity contribution is 5.94. The number of amides is 1. The number of rotatable bonds is 4. The molecule has 1 fully saturated rings. The van der Waals surface area contributed by atoms with Gasteiger partial charge in [-0.3, -0.25) is 9.78 Å². The lowest BCUT2D eigenvalue weighted by molar-refractivity contribution is 0.0932. The number of fused-ring (bicyclic) bond motifs is 3. The van der Waals surface area contributed by atoms with Crippen LogP contribution in [0.25, 0.3) is 5.69 Å². The summed E-state index contributed by atoms with van der Waals surface area (Å²) in [6, 6.07) is 8.65. The molecule has 0 spiro atoms. The molecule has 28 heavy (non-hydrogen) atoms. The largest absolute Gasteiger partial charge is 0.343 e. The molecule has 2 aliphatic carbocycles. The maximum Gasteiger partial charge on any atom is 0.272 e. The molecule has 2 aliphatic rings. The zero-order chi connectivity index (χ0) is 19.4. The molecule has 2 aromatic heterocycles. The first kappa shape index (κ1) is 17.0. The lowest BCUT2D eigenvalue weighted by Gasteiger charge is -2.12. The minimum atomic E-state index is -0.691. The normalized spacial score (nSPS) is 20.4. The average Bonchev–Trinajstić information content (AvgIpc) is 3.18. The van der Waals surface area contributed by atoms with E-state index in [0.29, 0.717) is 17.5 Å². The van der Waals surface area contributed by atoms with Gasteiger partial charge < -0.3 is 5.32 Å². The van der Waals surface area contributed by atoms with Gasteiger partial charge in [0.15, 0.2) is 11.5 Å². The van der Waals surface area contributed by atoms with Crippen LogP contribution in [0, 0.1) is 17.6 Å². The van der Waals surface area contributed by atoms with E-state index in [1.165, 1.54) is 16.8 Å². The van der Waals surface area contributed by atoms with E-state index in [1.807, 2.05) is 25.1 Å². The van der Waals surface area contributed by atoms with Crippen LogP contribution in [0.1, 0.15) is 52.7 Å². The van der Waals surface area contributed by atoms with Crippen LogP contribution in [-0.2, 0) is 6.42 Å². The molecule has 0 saturated heterocycles. The Morgan fingerprint density at radius 3 is 2.89 bits per heavy atom. The van der Waals surface area contributed by atoms with Crippen molar-refractivity contribution in [3.63, 3.8) is 0 Å². The van der Waals surface area contributed by atoms with Crippen LogP contribution in [0.5, 0.6) is 0 Å². The fourth-order valence-corrected chi connectivity index (χ4v) is 4.11. The molecule has 1 aromatic carbocycles. The summed E-state index contributed by atoms with van der Waals surface area (Å²) in [4.78, 5) is 17.2. The van der Waals surface area contributed by atoms with Crippen molar-refractivity contribution in [3.05, 3.63) is 76.9 Å². The Labute approximate surface area is 160 Å². The monoisotopic (exact) mass is 380 g/mol. The lowest BCUT2D eigenvalue weighted by Crippen LogP contribution is -2.28. The van der Waals surface area contributed by atoms with Gasteiger partial charge in [0.25, 0.3) is 5.91 Å². The molecule has 7 heteroatoms. The summed E-state index contributed by atoms with van der Waals surface area (Å²) in [5, 5.41) is 7.37. The highest BCUT2D eigenvalue weighted by Crippen LogP contribution is 2.57. The van der Waals surface area contributed by atoms with Gasteiger partial charge >= 0.3 is 0 Å². The van der Waals surface area contributed by atoms with Gasteiger partial charge in [0.1, 0.15) is 11.5 Å². The number of carbonyl (C=O) groups excluding carboxylic acids is 1. The Bertz CT molecular complexity index is 1080. The number of carbonyl (C=O) groups is 1. The molecule has 3 atom stereocenters. The fraction of sp³-hybridized carbons (Fsp3) is 0.286. The predicted molar refractivity (Wildman–Crippen MR) is 98.2 cm³/mol. The third kappa shape index (κ3) is 2.69. The minimum Gasteiger partial charge on any atom is -0.343 e. The van der Waals surface area contributed by atoms with Gasteiger partial charge in [0, 0.05) is 23.7 Å². The molecular formula is C21H18F2N4O. The molecule has 0 aliphatic heterocycles. The first-order chi connectivity index (χ1) is 13.5. The summed E-state index contributed by atoms with van der Waals surface area (Å²) in [6.45, 7) is 1.86. The summed E-state index contributed by atoms with van der Waals surface area (Å²) >= 11 is 0. The Morgan fingerprint density at radius 1 is 1.29 bits per heavy atom. The first-order valence-corrected chi connectivity index (χ1v) is 9.32. The molecule has 1 saturated carbocycles. The van der Waals surface area contributed by atoms with Gasteiger partial charge in [-0.1, -0.05) is 6.07 Å². The molecule has 142 valence electrons. The Kier molecular flexibility index (Phi) is 3.79. The molecule has 0 radical (unpaired) electrons. The molecule has 1 amide bonds. The second-order valence-electron chi connectivity index (χ2n) is 7.48. The van der Waals surface area contributed by atoms with Gasteiger partial charge in [0.2, 0.25) is 0 Å². The number of hydrogen-bond donors (Lipinski definition) is 1. The van der Waals surface area contributed by atoms with Crippen LogP contribution in [-0.4, -0.2) is 20.7 Å². The van der Waals surface area contributed by atoms with Gasteiger partial charge in [-0.15, -0.1) is 0 Å². The van der Waals surface area contributed by atoms with Crippen LogP contribution in [0.3, 0.4) is 0 Å². The Morgan fingerprint density at radius 2 is 2.14 bits per heavy atom. The number of aromatic nitrogens is 3. The Balaban J connectivity index is 1.51. The van der Waals surface area contributed by atoms with Crippen LogP contribution in [0.4, 0.5) is 8.78 Å². The van der Waals surface area contributed by atoms with E-state index < -0.39 is 11.6 Å². The summed E-state index contributed by atoms with van der Waals surface area (Å²) in [6.07, 6.45) is 3.46. The van der Waals surface area contributed by atoms with Gasteiger partial charge in [-0.05, 0) is 49.9 Å². The summed E-state index contributed by atoms with van der Waals surface area (Å²) in [5.41, 5.74) is 2.98. The first-order valence-electron chi connectivity index (χ1n) is 9.32. The van der Waals surface area contributed by atoms with Gasteiger partial charge in [-0.25, -0.2) is 13.5 Å². The number of nitrogens with zero attached hydrogens (tertiary/aromatic N) is 3. The third-order valence-corrected chi connectivity index (χ3v) is 5.60. The van der Waals surface area contributed by atoms with Crippen molar-refractivity contribution in [1.82, 2.24) is 20.1 Å². The molecule has 5 rings (SSSR count). The van der Waals surface area contributed by atoms with Gasteiger partial charge in [0.05, 0.1) is 17.4 Å². The van der Waals surface area contributed by atoms with Crippen molar-refractivity contribution >= 4 is 5.91 Å². The molecule has 3 aromatic rings. The van der Waals surface area contributed by atoms with Crippen molar-refractivity contribution in [2.24, 2.45) is 5.92 Å². The zero-order valence-corrected chi connectivity index (χ0v) is 15.2. The van der Waals surface area contributed by atoms with Crippen molar-refractivity contribution in [1.29, 1.82) is 0 Å². The quantitative estimate of drug-likeness (QED) is 0.751. The Hall–Kier alpha value is -3.09. The standard InChI is InChI=1S/C21H18F2N4O/c1-11(17-4-2-3-7-24-17)25-21(28)19-15-9-12-8-14(12)20(15)27(26-19)18-6-5-13(22)10-16(18)23/h2-7,10-12,14H,8-9H2,1H3,(H,25,28)/t11-,12+,14+/m0/s1. The topological polar surface area (TPSA) is 59.8 Å². The second-order valence-corrected chi connectivity index (χ2v) is 7.48. The van der Waals surface area contributed by atoms with Crippen LogP contribution < -0.4 is 5.32 Å². The average molecular weight is 380 g/mol. The number of hydrogen-bond acceptors (Lipinski definition) is 3. The van der Waals surface area contributed by atoms with E-state index in [0.717, 1.165) is 35.9 Å². The molecule has 0 unspecified atom stereocenters. The third-order valence-electron chi connectivity index (χ3n) is 5.60. The maximum atomic E-state index is 14.4. The SMILES string of the molecule is C[C@H](NC(=O)c1nn(-c2ccc(F)cc2F)c2c1C[C@H]1C[C@@H]21)c1ccccn1. The number of halogens is 2. The van der Waals surface area contributed by atoms with E-state index in [2.05, 4.69) is 15.4 Å². The predicted octanol–water partition coefficient (Wildman–Crippen LogP) is 3.70. The second kappa shape index (κ2) is 6.22. The molecule has 2 heterocycles. The van der Waals surface area contributed by atoms with Crippen molar-refractivity contribution < 1.29 is 13.6 Å². The van der Waals surface area contributed by atoms with E-state index in [9.17, 15) is 13.6 Å². The number of benzene rings is 1. The van der Waals surface area contributed by atoms with Crippen molar-refractivity contribution in [3.8, 4) is 5.69 Å². The van der Waals surface area contributed by atoms with E-state index >= 15 is 0 Å². The van der Waals surface area contributed by atoms with Crippen LogP contribution >= 0.6 is 0 Å². The lowest BCUT2D eigenvalue weighted by atomic mass is 10.1. The smallest absolute Gasteiger partial charge is 0.272 e. The molecule has 5 nitrogen and oxygen atoms in total.